The molecule has 0 bridgehead atoms. The summed E-state index contributed by atoms with van der Waals surface area (Å²) in [5.41, 5.74) is 0.461. The third-order valence-corrected chi connectivity index (χ3v) is 3.66. The minimum absolute atomic E-state index is 0.0650. The molecule has 0 spiro atoms. The van der Waals surface area contributed by atoms with Gasteiger partial charge in [0.1, 0.15) is 11.8 Å². The van der Waals surface area contributed by atoms with Crippen molar-refractivity contribution in [2.24, 2.45) is 0 Å². The van der Waals surface area contributed by atoms with Crippen LogP contribution in [0, 0.1) is 0 Å². The zero-order valence-corrected chi connectivity index (χ0v) is 13.2. The summed E-state index contributed by atoms with van der Waals surface area (Å²) < 4.78 is 5.87. The van der Waals surface area contributed by atoms with E-state index in [1.165, 1.54) is 0 Å². The van der Waals surface area contributed by atoms with E-state index in [1.54, 1.807) is 35.6 Å². The summed E-state index contributed by atoms with van der Waals surface area (Å²) in [4.78, 5) is 28.6. The van der Waals surface area contributed by atoms with Crippen molar-refractivity contribution >= 4 is 11.7 Å². The highest BCUT2D eigenvalue weighted by Gasteiger charge is 2.29. The Morgan fingerprint density at radius 3 is 2.96 bits per heavy atom. The van der Waals surface area contributed by atoms with Gasteiger partial charge in [0.25, 0.3) is 5.91 Å². The van der Waals surface area contributed by atoms with Crippen LogP contribution in [0.2, 0.25) is 0 Å². The number of nitrogens with zero attached hydrogens (tertiary/aromatic N) is 5. The highest BCUT2D eigenvalue weighted by molar-refractivity contribution is 5.92. The van der Waals surface area contributed by atoms with Gasteiger partial charge in [0.15, 0.2) is 5.82 Å². The number of carbonyl (C=O) groups is 1. The van der Waals surface area contributed by atoms with Gasteiger partial charge in [0, 0.05) is 33.3 Å². The van der Waals surface area contributed by atoms with Crippen LogP contribution in [-0.2, 0) is 0 Å². The molecule has 0 aromatic carbocycles. The highest BCUT2D eigenvalue weighted by Crippen LogP contribution is 2.19. The molecule has 3 heterocycles. The van der Waals surface area contributed by atoms with Crippen LogP contribution in [0.4, 0.5) is 5.82 Å². The Balaban J connectivity index is 1.62. The first-order valence-electron chi connectivity index (χ1n) is 7.50. The normalized spacial score (nSPS) is 17.1. The third-order valence-electron chi connectivity index (χ3n) is 3.66. The summed E-state index contributed by atoms with van der Waals surface area (Å²) in [6.45, 7) is 1.18. The van der Waals surface area contributed by atoms with Gasteiger partial charge in [-0.15, -0.1) is 0 Å². The van der Waals surface area contributed by atoms with Crippen molar-refractivity contribution < 1.29 is 9.53 Å². The van der Waals surface area contributed by atoms with Gasteiger partial charge in [0.2, 0.25) is 5.88 Å². The van der Waals surface area contributed by atoms with E-state index in [4.69, 9.17) is 4.74 Å². The van der Waals surface area contributed by atoms with Crippen molar-refractivity contribution in [3.8, 4) is 5.88 Å². The molecule has 120 valence electrons. The second kappa shape index (κ2) is 6.60. The molecule has 23 heavy (non-hydrogen) atoms. The maximum absolute atomic E-state index is 12.4. The van der Waals surface area contributed by atoms with E-state index in [0.717, 1.165) is 12.2 Å². The molecule has 7 heteroatoms. The minimum Gasteiger partial charge on any atom is -0.471 e. The predicted octanol–water partition coefficient (Wildman–Crippen LogP) is 1.23. The molecule has 1 amide bonds. The molecule has 0 aliphatic carbocycles. The maximum Gasteiger partial charge on any atom is 0.272 e. The van der Waals surface area contributed by atoms with Crippen LogP contribution in [0.15, 0.2) is 36.8 Å². The van der Waals surface area contributed by atoms with Gasteiger partial charge in [-0.05, 0) is 12.1 Å². The average molecular weight is 313 g/mol. The number of hydrogen-bond acceptors (Lipinski definition) is 6. The van der Waals surface area contributed by atoms with E-state index >= 15 is 0 Å². The fourth-order valence-corrected chi connectivity index (χ4v) is 2.44. The molecule has 7 nitrogen and oxygen atoms in total. The summed E-state index contributed by atoms with van der Waals surface area (Å²) in [5.74, 6) is 1.15. The molecular weight excluding hydrogens is 294 g/mol. The lowest BCUT2D eigenvalue weighted by molar-refractivity contribution is 0.0765. The molecule has 1 fully saturated rings. The lowest BCUT2D eigenvalue weighted by Crippen LogP contribution is -2.31. The first kappa shape index (κ1) is 15.2. The fourth-order valence-electron chi connectivity index (χ4n) is 2.44. The number of carbonyl (C=O) groups excluding carboxylic acids is 1. The summed E-state index contributed by atoms with van der Waals surface area (Å²) in [5, 5.41) is 0. The molecule has 2 aromatic heterocycles. The molecule has 1 atom stereocenters. The van der Waals surface area contributed by atoms with Gasteiger partial charge in [-0.25, -0.2) is 0 Å². The summed E-state index contributed by atoms with van der Waals surface area (Å²) >= 11 is 0. The van der Waals surface area contributed by atoms with Crippen LogP contribution in [0.5, 0.6) is 5.88 Å². The van der Waals surface area contributed by atoms with Crippen LogP contribution in [0.3, 0.4) is 0 Å². The van der Waals surface area contributed by atoms with Crippen LogP contribution < -0.4 is 9.64 Å². The third kappa shape index (κ3) is 3.56. The van der Waals surface area contributed by atoms with E-state index in [9.17, 15) is 4.79 Å². The number of aromatic nitrogens is 3. The molecule has 1 aliphatic heterocycles. The largest absolute Gasteiger partial charge is 0.471 e. The Bertz CT molecular complexity index is 677. The summed E-state index contributed by atoms with van der Waals surface area (Å²) in [6.07, 6.45) is 5.59. The van der Waals surface area contributed by atoms with E-state index in [1.807, 2.05) is 25.1 Å². The van der Waals surface area contributed by atoms with Gasteiger partial charge in [-0.3, -0.25) is 14.8 Å². The van der Waals surface area contributed by atoms with Crippen LogP contribution in [-0.4, -0.2) is 59.0 Å². The highest BCUT2D eigenvalue weighted by atomic mass is 16.5. The summed E-state index contributed by atoms with van der Waals surface area (Å²) in [7, 11) is 3.80. The van der Waals surface area contributed by atoms with Gasteiger partial charge >= 0.3 is 0 Å². The molecule has 3 rings (SSSR count). The number of amides is 1. The Labute approximate surface area is 134 Å². The monoisotopic (exact) mass is 313 g/mol. The molecule has 2 aromatic rings. The number of hydrogen-bond donors (Lipinski definition) is 0. The molecule has 0 saturated carbocycles. The number of rotatable bonds is 4. The van der Waals surface area contributed by atoms with Crippen molar-refractivity contribution in [2.45, 2.75) is 12.5 Å². The van der Waals surface area contributed by atoms with Gasteiger partial charge in [-0.2, -0.15) is 4.98 Å². The standard InChI is InChI=1S/C16H19N5O2/c1-20(2)14-9-17-10-15(19-14)23-12-6-8-21(11-12)16(22)13-5-3-4-7-18-13/h3-5,7,9-10,12H,6,8,11H2,1-2H3/t12-/m1/s1. The van der Waals surface area contributed by atoms with Crippen molar-refractivity contribution in [1.82, 2.24) is 19.9 Å². The first-order valence-corrected chi connectivity index (χ1v) is 7.50. The number of likely N-dealkylation sites (tertiary alicyclic amines) is 1. The molecule has 0 unspecified atom stereocenters. The van der Waals surface area contributed by atoms with Crippen LogP contribution >= 0.6 is 0 Å². The van der Waals surface area contributed by atoms with Gasteiger partial charge in [-0.1, -0.05) is 6.07 Å². The molecule has 0 N–H and O–H groups in total. The first-order chi connectivity index (χ1) is 11.1. The van der Waals surface area contributed by atoms with E-state index in [0.29, 0.717) is 24.7 Å². The Morgan fingerprint density at radius 2 is 2.22 bits per heavy atom. The second-order valence-electron chi connectivity index (χ2n) is 5.60. The van der Waals surface area contributed by atoms with Crippen molar-refractivity contribution in [1.29, 1.82) is 0 Å². The topological polar surface area (TPSA) is 71.5 Å². The predicted molar refractivity (Wildman–Crippen MR) is 85.5 cm³/mol. The Morgan fingerprint density at radius 1 is 1.35 bits per heavy atom. The quantitative estimate of drug-likeness (QED) is 0.845. The number of pyridine rings is 1. The van der Waals surface area contributed by atoms with Gasteiger partial charge < -0.3 is 14.5 Å². The van der Waals surface area contributed by atoms with E-state index < -0.39 is 0 Å². The lowest BCUT2D eigenvalue weighted by atomic mass is 10.3. The molecule has 1 saturated heterocycles. The van der Waals surface area contributed by atoms with E-state index in [2.05, 4.69) is 15.0 Å². The van der Waals surface area contributed by atoms with Crippen molar-refractivity contribution in [2.75, 3.05) is 32.1 Å². The lowest BCUT2D eigenvalue weighted by Gasteiger charge is -2.17. The second-order valence-corrected chi connectivity index (χ2v) is 5.60. The van der Waals surface area contributed by atoms with Crippen LogP contribution in [0.25, 0.3) is 0 Å². The summed E-state index contributed by atoms with van der Waals surface area (Å²) in [6, 6.07) is 5.33. The van der Waals surface area contributed by atoms with Crippen molar-refractivity contribution in [3.05, 3.63) is 42.5 Å². The zero-order valence-electron chi connectivity index (χ0n) is 13.2. The smallest absolute Gasteiger partial charge is 0.272 e. The van der Waals surface area contributed by atoms with Gasteiger partial charge in [0.05, 0.1) is 18.9 Å². The van der Waals surface area contributed by atoms with Crippen molar-refractivity contribution in [3.63, 3.8) is 0 Å². The Kier molecular flexibility index (Phi) is 4.36. The fraction of sp³-hybridized carbons (Fsp3) is 0.375. The SMILES string of the molecule is CN(C)c1cncc(O[C@@H]2CCN(C(=O)c3ccccn3)C2)n1. The van der Waals surface area contributed by atoms with Crippen LogP contribution in [0.1, 0.15) is 16.9 Å². The Hall–Kier alpha value is -2.70. The minimum atomic E-state index is -0.0747. The number of anilines is 1. The average Bonchev–Trinajstić information content (AvgIpc) is 3.03. The molecule has 0 radical (unpaired) electrons. The number of ether oxygens (including phenoxy) is 1. The molecular formula is C16H19N5O2. The maximum atomic E-state index is 12.4. The molecule has 1 aliphatic rings. The van der Waals surface area contributed by atoms with E-state index in [-0.39, 0.29) is 12.0 Å². The zero-order chi connectivity index (χ0) is 16.2.